The maximum Gasteiger partial charge on any atom is 0.330 e. The van der Waals surface area contributed by atoms with Crippen LogP contribution in [0.2, 0.25) is 19.6 Å². The first kappa shape index (κ1) is 16.9. The Balaban J connectivity index is 2.36. The SMILES string of the molecule is C[Si](C)(C)C=Cc1cn([C@@H]2O[C@H](CO)[C@H]2CO)c(=O)[nH]c1=O. The Kier molecular flexibility index (Phi) is 4.86. The largest absolute Gasteiger partial charge is 0.396 e. The smallest absolute Gasteiger partial charge is 0.330 e. The molecular weight excluding hydrogens is 304 g/mol. The molecule has 2 heterocycles. The lowest BCUT2D eigenvalue weighted by atomic mass is 9.95. The van der Waals surface area contributed by atoms with E-state index in [1.165, 1.54) is 10.8 Å². The minimum atomic E-state index is -1.48. The predicted molar refractivity (Wildman–Crippen MR) is 85.3 cm³/mol. The summed E-state index contributed by atoms with van der Waals surface area (Å²) in [5.74, 6) is -0.373. The lowest BCUT2D eigenvalue weighted by Crippen LogP contribution is -2.52. The molecule has 1 aliphatic heterocycles. The summed E-state index contributed by atoms with van der Waals surface area (Å²) in [5, 5.41) is 18.5. The molecule has 0 bridgehead atoms. The molecule has 3 atom stereocenters. The minimum absolute atomic E-state index is 0.207. The fourth-order valence-corrected chi connectivity index (χ4v) is 2.96. The van der Waals surface area contributed by atoms with Gasteiger partial charge in [-0.3, -0.25) is 14.3 Å². The Labute approximate surface area is 128 Å². The molecule has 0 amide bonds. The molecule has 1 aliphatic rings. The van der Waals surface area contributed by atoms with Gasteiger partial charge in [-0.05, 0) is 0 Å². The Morgan fingerprint density at radius 1 is 1.32 bits per heavy atom. The first-order valence-corrected chi connectivity index (χ1v) is 10.8. The second kappa shape index (κ2) is 6.33. The molecule has 8 heteroatoms. The number of hydrogen-bond acceptors (Lipinski definition) is 5. The van der Waals surface area contributed by atoms with Crippen LogP contribution < -0.4 is 11.2 Å². The molecule has 0 radical (unpaired) electrons. The van der Waals surface area contributed by atoms with E-state index in [-0.39, 0.29) is 19.1 Å². The van der Waals surface area contributed by atoms with Gasteiger partial charge in [0.05, 0.1) is 38.9 Å². The molecular formula is C14H22N2O5Si. The van der Waals surface area contributed by atoms with Crippen LogP contribution in [-0.4, -0.2) is 47.2 Å². The first-order chi connectivity index (χ1) is 10.3. The molecule has 0 aliphatic carbocycles. The van der Waals surface area contributed by atoms with Crippen molar-refractivity contribution in [1.29, 1.82) is 0 Å². The summed E-state index contributed by atoms with van der Waals surface area (Å²) in [6.45, 7) is 5.98. The predicted octanol–water partition coefficient (Wildman–Crippen LogP) is -0.0746. The number of nitrogens with zero attached hydrogens (tertiary/aromatic N) is 1. The van der Waals surface area contributed by atoms with Crippen molar-refractivity contribution >= 4 is 14.1 Å². The van der Waals surface area contributed by atoms with Crippen LogP contribution in [0.15, 0.2) is 21.5 Å². The Bertz CT molecular complexity index is 673. The number of aliphatic hydroxyl groups is 2. The summed E-state index contributed by atoms with van der Waals surface area (Å²) in [7, 11) is -1.48. The van der Waals surface area contributed by atoms with E-state index in [2.05, 4.69) is 24.6 Å². The molecule has 7 nitrogen and oxygen atoms in total. The molecule has 0 saturated carbocycles. The molecule has 1 fully saturated rings. The van der Waals surface area contributed by atoms with Crippen molar-refractivity contribution in [2.75, 3.05) is 13.2 Å². The molecule has 2 rings (SSSR count). The fraction of sp³-hybridized carbons (Fsp3) is 0.571. The van der Waals surface area contributed by atoms with Gasteiger partial charge in [-0.1, -0.05) is 31.4 Å². The monoisotopic (exact) mass is 326 g/mol. The zero-order valence-electron chi connectivity index (χ0n) is 12.9. The number of rotatable bonds is 5. The summed E-state index contributed by atoms with van der Waals surface area (Å²) in [6.07, 6.45) is 2.00. The van der Waals surface area contributed by atoms with Crippen LogP contribution in [0, 0.1) is 5.92 Å². The first-order valence-electron chi connectivity index (χ1n) is 7.18. The summed E-state index contributed by atoms with van der Waals surface area (Å²) in [5.41, 5.74) is 1.34. The van der Waals surface area contributed by atoms with Gasteiger partial charge in [-0.15, -0.1) is 0 Å². The Hall–Kier alpha value is -1.48. The van der Waals surface area contributed by atoms with Crippen LogP contribution in [0.3, 0.4) is 0 Å². The van der Waals surface area contributed by atoms with Gasteiger partial charge in [0.25, 0.3) is 5.56 Å². The van der Waals surface area contributed by atoms with Crippen LogP contribution in [0.5, 0.6) is 0 Å². The van der Waals surface area contributed by atoms with Crippen molar-refractivity contribution in [3.05, 3.63) is 38.3 Å². The summed E-state index contributed by atoms with van der Waals surface area (Å²) in [4.78, 5) is 26.1. The van der Waals surface area contributed by atoms with Gasteiger partial charge in [-0.2, -0.15) is 0 Å². The quantitative estimate of drug-likeness (QED) is 0.657. The number of H-pyrrole nitrogens is 1. The molecule has 0 aromatic carbocycles. The minimum Gasteiger partial charge on any atom is -0.396 e. The number of aromatic nitrogens is 2. The number of hydrogen-bond donors (Lipinski definition) is 3. The molecule has 0 spiro atoms. The van der Waals surface area contributed by atoms with Crippen molar-refractivity contribution < 1.29 is 14.9 Å². The van der Waals surface area contributed by atoms with Gasteiger partial charge < -0.3 is 14.9 Å². The zero-order valence-corrected chi connectivity index (χ0v) is 13.9. The average Bonchev–Trinajstić information content (AvgIpc) is 2.38. The van der Waals surface area contributed by atoms with Crippen LogP contribution >= 0.6 is 0 Å². The average molecular weight is 326 g/mol. The number of ether oxygens (including phenoxy) is 1. The van der Waals surface area contributed by atoms with E-state index in [4.69, 9.17) is 9.84 Å². The van der Waals surface area contributed by atoms with Crippen LogP contribution in [0.4, 0.5) is 0 Å². The van der Waals surface area contributed by atoms with Crippen LogP contribution in [0.25, 0.3) is 6.08 Å². The van der Waals surface area contributed by atoms with E-state index >= 15 is 0 Å². The molecule has 3 N–H and O–H groups in total. The third kappa shape index (κ3) is 3.46. The highest BCUT2D eigenvalue weighted by molar-refractivity contribution is 6.81. The van der Waals surface area contributed by atoms with Gasteiger partial charge in [0.2, 0.25) is 0 Å². The van der Waals surface area contributed by atoms with Gasteiger partial charge in [0.1, 0.15) is 6.23 Å². The van der Waals surface area contributed by atoms with E-state index in [9.17, 15) is 14.7 Å². The van der Waals surface area contributed by atoms with Crippen molar-refractivity contribution in [1.82, 2.24) is 9.55 Å². The summed E-state index contributed by atoms with van der Waals surface area (Å²) < 4.78 is 6.68. The van der Waals surface area contributed by atoms with Crippen molar-refractivity contribution in [2.24, 2.45) is 5.92 Å². The zero-order chi connectivity index (χ0) is 16.5. The second-order valence-corrected chi connectivity index (χ2v) is 11.6. The molecule has 1 saturated heterocycles. The normalized spacial score (nSPS) is 25.4. The standard InChI is InChI=1S/C14H22N2O5Si/c1-22(2,3)5-4-9-6-16(14(20)15-12(9)19)13-10(7-17)11(8-18)21-13/h4-6,10-11,13,17-18H,7-8H2,1-3H3,(H,15,19,20)/t10-,11-,13-/m1/s1. The summed E-state index contributed by atoms with van der Waals surface area (Å²) >= 11 is 0. The van der Waals surface area contributed by atoms with Crippen molar-refractivity contribution in [3.63, 3.8) is 0 Å². The van der Waals surface area contributed by atoms with E-state index in [1.54, 1.807) is 6.08 Å². The van der Waals surface area contributed by atoms with E-state index < -0.39 is 31.7 Å². The number of aromatic amines is 1. The van der Waals surface area contributed by atoms with Crippen molar-refractivity contribution in [2.45, 2.75) is 32.0 Å². The van der Waals surface area contributed by atoms with Gasteiger partial charge in [0.15, 0.2) is 0 Å². The van der Waals surface area contributed by atoms with E-state index in [1.807, 2.05) is 5.70 Å². The maximum atomic E-state index is 12.0. The summed E-state index contributed by atoms with van der Waals surface area (Å²) in [6, 6.07) is 0. The van der Waals surface area contributed by atoms with Gasteiger partial charge in [0, 0.05) is 6.20 Å². The highest BCUT2D eigenvalue weighted by Gasteiger charge is 2.43. The maximum absolute atomic E-state index is 12.0. The molecule has 0 unspecified atom stereocenters. The lowest BCUT2D eigenvalue weighted by Gasteiger charge is -2.43. The Morgan fingerprint density at radius 2 is 2.00 bits per heavy atom. The highest BCUT2D eigenvalue weighted by atomic mass is 28.3. The third-order valence-electron chi connectivity index (χ3n) is 3.58. The van der Waals surface area contributed by atoms with Crippen LogP contribution in [-0.2, 0) is 4.74 Å². The molecule has 122 valence electrons. The number of aliphatic hydroxyl groups excluding tert-OH is 2. The third-order valence-corrected chi connectivity index (χ3v) is 4.75. The highest BCUT2D eigenvalue weighted by Crippen LogP contribution is 2.35. The lowest BCUT2D eigenvalue weighted by molar-refractivity contribution is -0.246. The van der Waals surface area contributed by atoms with Gasteiger partial charge >= 0.3 is 5.69 Å². The van der Waals surface area contributed by atoms with E-state index in [0.717, 1.165) is 0 Å². The fourth-order valence-electron chi connectivity index (χ4n) is 2.28. The number of nitrogens with one attached hydrogen (secondary N) is 1. The van der Waals surface area contributed by atoms with Crippen molar-refractivity contribution in [3.8, 4) is 0 Å². The topological polar surface area (TPSA) is 105 Å². The molecule has 1 aromatic heterocycles. The second-order valence-electron chi connectivity index (χ2n) is 6.54. The van der Waals surface area contributed by atoms with Crippen LogP contribution in [0.1, 0.15) is 11.8 Å². The van der Waals surface area contributed by atoms with Gasteiger partial charge in [-0.25, -0.2) is 4.79 Å². The Morgan fingerprint density at radius 3 is 2.55 bits per heavy atom. The van der Waals surface area contributed by atoms with E-state index in [0.29, 0.717) is 5.56 Å². The molecule has 22 heavy (non-hydrogen) atoms. The molecule has 1 aromatic rings.